The van der Waals surface area contributed by atoms with Crippen molar-refractivity contribution in [2.75, 3.05) is 7.05 Å². The van der Waals surface area contributed by atoms with E-state index in [0.29, 0.717) is 23.2 Å². The number of hydrogen-bond donors (Lipinski definition) is 1. The highest BCUT2D eigenvalue weighted by Gasteiger charge is 2.46. The molecule has 0 spiro atoms. The summed E-state index contributed by atoms with van der Waals surface area (Å²) in [6, 6.07) is 11.4. The molecule has 7 nitrogen and oxygen atoms in total. The van der Waals surface area contributed by atoms with Crippen molar-refractivity contribution in [3.63, 3.8) is 0 Å². The Morgan fingerprint density at radius 1 is 1.13 bits per heavy atom. The first-order valence-corrected chi connectivity index (χ1v) is 10.6. The van der Waals surface area contributed by atoms with Gasteiger partial charge < -0.3 is 9.84 Å². The molecule has 2 bridgehead atoms. The molecule has 2 aliphatic heterocycles. The summed E-state index contributed by atoms with van der Waals surface area (Å²) in [4.78, 5) is 2.44. The Balaban J connectivity index is 1.31. The molecule has 7 heteroatoms. The largest absolute Gasteiger partial charge is 0.507 e. The molecule has 2 aromatic heterocycles. The number of rotatable bonds is 4. The van der Waals surface area contributed by atoms with E-state index in [1.807, 2.05) is 43.5 Å². The Labute approximate surface area is 182 Å². The second kappa shape index (κ2) is 7.20. The van der Waals surface area contributed by atoms with Crippen LogP contribution in [0.1, 0.15) is 32.4 Å². The number of piperidine rings is 1. The summed E-state index contributed by atoms with van der Waals surface area (Å²) >= 11 is 0. The molecule has 3 unspecified atom stereocenters. The van der Waals surface area contributed by atoms with Gasteiger partial charge in [0.1, 0.15) is 11.9 Å². The molecule has 0 saturated carbocycles. The topological polar surface area (TPSA) is 76.3 Å². The number of aromatic hydroxyl groups is 1. The zero-order valence-electron chi connectivity index (χ0n) is 18.3. The Bertz CT molecular complexity index is 1150. The van der Waals surface area contributed by atoms with E-state index in [4.69, 9.17) is 4.74 Å². The fourth-order valence-electron chi connectivity index (χ4n) is 4.92. The summed E-state index contributed by atoms with van der Waals surface area (Å²) in [5, 5.41) is 23.5. The second-order valence-electron chi connectivity index (χ2n) is 8.91. The maximum atomic E-state index is 10.5. The van der Waals surface area contributed by atoms with Gasteiger partial charge in [-0.05, 0) is 52.1 Å². The minimum atomic E-state index is 0.0334. The lowest BCUT2D eigenvalue weighted by molar-refractivity contribution is 0.0257. The SMILES string of the molecule is CC1=CC2(C)CC(Oc3ccc(-c4ccc(-n5ccc(C)n5)cc4O)nn3)CC1N2C. The highest BCUT2D eigenvalue weighted by Crippen LogP contribution is 2.42. The van der Waals surface area contributed by atoms with Crippen molar-refractivity contribution >= 4 is 0 Å². The number of hydrogen-bond acceptors (Lipinski definition) is 6. The van der Waals surface area contributed by atoms with Crippen LogP contribution in [0.3, 0.4) is 0 Å². The Kier molecular flexibility index (Phi) is 4.59. The van der Waals surface area contributed by atoms with Gasteiger partial charge in [-0.25, -0.2) is 4.68 Å². The minimum Gasteiger partial charge on any atom is -0.507 e. The first-order chi connectivity index (χ1) is 14.8. The number of likely N-dealkylation sites (N-methyl/N-ethyl adjacent to an activating group) is 1. The van der Waals surface area contributed by atoms with Gasteiger partial charge in [-0.15, -0.1) is 10.2 Å². The molecule has 1 aromatic carbocycles. The van der Waals surface area contributed by atoms with Gasteiger partial charge in [0.2, 0.25) is 5.88 Å². The zero-order chi connectivity index (χ0) is 21.8. The third-order valence-electron chi connectivity index (χ3n) is 6.64. The number of fused-ring (bicyclic) bond motifs is 2. The fourth-order valence-corrected chi connectivity index (χ4v) is 4.92. The van der Waals surface area contributed by atoms with Crippen LogP contribution in [0.5, 0.6) is 11.6 Å². The van der Waals surface area contributed by atoms with Crippen molar-refractivity contribution in [2.24, 2.45) is 0 Å². The molecule has 1 saturated heterocycles. The summed E-state index contributed by atoms with van der Waals surface area (Å²) in [6.07, 6.45) is 6.21. The quantitative estimate of drug-likeness (QED) is 0.649. The van der Waals surface area contributed by atoms with E-state index in [2.05, 4.69) is 47.2 Å². The lowest BCUT2D eigenvalue weighted by atomic mass is 9.88. The van der Waals surface area contributed by atoms with E-state index in [1.54, 1.807) is 10.7 Å². The number of ether oxygens (including phenoxy) is 1. The lowest BCUT2D eigenvalue weighted by Crippen LogP contribution is -2.52. The van der Waals surface area contributed by atoms with E-state index in [1.165, 1.54) is 5.57 Å². The number of phenolic OH excluding ortho intramolecular Hbond substituents is 1. The van der Waals surface area contributed by atoms with Crippen molar-refractivity contribution in [1.82, 2.24) is 24.9 Å². The number of benzene rings is 1. The van der Waals surface area contributed by atoms with E-state index in [0.717, 1.165) is 24.2 Å². The minimum absolute atomic E-state index is 0.0334. The fraction of sp³-hybridized carbons (Fsp3) is 0.375. The zero-order valence-corrected chi connectivity index (χ0v) is 18.3. The van der Waals surface area contributed by atoms with Crippen molar-refractivity contribution in [3.05, 3.63) is 59.9 Å². The normalized spacial score (nSPS) is 25.5. The number of aromatic nitrogens is 4. The number of aryl methyl sites for hydroxylation is 1. The van der Waals surface area contributed by atoms with Crippen LogP contribution in [0, 0.1) is 6.92 Å². The first-order valence-electron chi connectivity index (χ1n) is 10.6. The van der Waals surface area contributed by atoms with Gasteiger partial charge >= 0.3 is 0 Å². The molecule has 1 N–H and O–H groups in total. The van der Waals surface area contributed by atoms with Crippen LogP contribution in [0.2, 0.25) is 0 Å². The highest BCUT2D eigenvalue weighted by atomic mass is 16.5. The molecular weight excluding hydrogens is 390 g/mol. The molecule has 0 amide bonds. The van der Waals surface area contributed by atoms with E-state index < -0.39 is 0 Å². The van der Waals surface area contributed by atoms with Gasteiger partial charge in [0.05, 0.1) is 17.1 Å². The van der Waals surface area contributed by atoms with Crippen molar-refractivity contribution in [1.29, 1.82) is 0 Å². The summed E-state index contributed by atoms with van der Waals surface area (Å²) in [5.74, 6) is 0.650. The maximum absolute atomic E-state index is 10.5. The summed E-state index contributed by atoms with van der Waals surface area (Å²) < 4.78 is 7.92. The van der Waals surface area contributed by atoms with Gasteiger partial charge in [-0.1, -0.05) is 11.6 Å². The molecule has 3 atom stereocenters. The van der Waals surface area contributed by atoms with E-state index >= 15 is 0 Å². The standard InChI is InChI=1S/C24H27N5O2/c1-15-13-24(3)14-18(12-21(15)28(24)4)31-23-8-7-20(25-26-23)19-6-5-17(11-22(19)30)29-10-9-16(2)27-29/h5-11,13,18,21,30H,12,14H2,1-4H3. The molecular formula is C24H27N5O2. The predicted molar refractivity (Wildman–Crippen MR) is 118 cm³/mol. The molecule has 0 aliphatic carbocycles. The van der Waals surface area contributed by atoms with Gasteiger partial charge in [-0.3, -0.25) is 4.90 Å². The predicted octanol–water partition coefficient (Wildman–Crippen LogP) is 3.90. The maximum Gasteiger partial charge on any atom is 0.233 e. The second-order valence-corrected chi connectivity index (χ2v) is 8.91. The van der Waals surface area contributed by atoms with Gasteiger partial charge in [0, 0.05) is 48.3 Å². The van der Waals surface area contributed by atoms with Gasteiger partial charge in [-0.2, -0.15) is 5.10 Å². The molecule has 31 heavy (non-hydrogen) atoms. The van der Waals surface area contributed by atoms with E-state index in [9.17, 15) is 5.11 Å². The molecule has 4 heterocycles. The van der Waals surface area contributed by atoms with Gasteiger partial charge in [0.25, 0.3) is 0 Å². The Morgan fingerprint density at radius 3 is 2.61 bits per heavy atom. The third-order valence-corrected chi connectivity index (χ3v) is 6.64. The summed E-state index contributed by atoms with van der Waals surface area (Å²) in [7, 11) is 2.19. The Morgan fingerprint density at radius 2 is 1.97 bits per heavy atom. The summed E-state index contributed by atoms with van der Waals surface area (Å²) in [6.45, 7) is 6.39. The van der Waals surface area contributed by atoms with Crippen LogP contribution < -0.4 is 4.74 Å². The van der Waals surface area contributed by atoms with E-state index in [-0.39, 0.29) is 17.4 Å². The smallest absolute Gasteiger partial charge is 0.233 e. The third kappa shape index (κ3) is 3.49. The average molecular weight is 418 g/mol. The number of phenols is 1. The van der Waals surface area contributed by atoms with Crippen LogP contribution in [0.4, 0.5) is 0 Å². The van der Waals surface area contributed by atoms with Crippen molar-refractivity contribution in [3.8, 4) is 28.6 Å². The van der Waals surface area contributed by atoms with Crippen LogP contribution >= 0.6 is 0 Å². The van der Waals surface area contributed by atoms with Crippen LogP contribution in [-0.4, -0.2) is 54.7 Å². The van der Waals surface area contributed by atoms with Crippen LogP contribution in [-0.2, 0) is 0 Å². The molecule has 1 fully saturated rings. The van der Waals surface area contributed by atoms with Crippen molar-refractivity contribution < 1.29 is 9.84 Å². The molecule has 2 aliphatic rings. The molecule has 160 valence electrons. The average Bonchev–Trinajstić information content (AvgIpc) is 3.21. The van der Waals surface area contributed by atoms with Crippen LogP contribution in [0.15, 0.2) is 54.2 Å². The lowest BCUT2D eigenvalue weighted by Gasteiger charge is -2.43. The summed E-state index contributed by atoms with van der Waals surface area (Å²) in [5.41, 5.74) is 4.38. The monoisotopic (exact) mass is 417 g/mol. The first kappa shape index (κ1) is 19.8. The molecule has 5 rings (SSSR count). The highest BCUT2D eigenvalue weighted by molar-refractivity contribution is 5.68. The molecule has 0 radical (unpaired) electrons. The molecule has 3 aromatic rings. The number of nitrogens with zero attached hydrogens (tertiary/aromatic N) is 5. The van der Waals surface area contributed by atoms with Gasteiger partial charge in [0.15, 0.2) is 0 Å². The van der Waals surface area contributed by atoms with Crippen molar-refractivity contribution in [2.45, 2.75) is 51.3 Å². The van der Waals surface area contributed by atoms with Crippen LogP contribution in [0.25, 0.3) is 16.9 Å². The Hall–Kier alpha value is -3.19.